The number of unbranched alkanes of at least 4 members (excludes halogenated alkanes) is 3. The van der Waals surface area contributed by atoms with Crippen molar-refractivity contribution in [3.63, 3.8) is 0 Å². The Hall–Kier alpha value is -1.05. The summed E-state index contributed by atoms with van der Waals surface area (Å²) in [5, 5.41) is 11.8. The van der Waals surface area contributed by atoms with Crippen LogP contribution in [0.25, 0.3) is 0 Å². The fourth-order valence-corrected chi connectivity index (χ4v) is 3.00. The van der Waals surface area contributed by atoms with Crippen LogP contribution in [0.2, 0.25) is 0 Å². The Bertz CT molecular complexity index is 790. The third-order valence-corrected chi connectivity index (χ3v) is 4.59. The summed E-state index contributed by atoms with van der Waals surface area (Å²) < 4.78 is 36.8. The molecule has 7 heteroatoms. The van der Waals surface area contributed by atoms with Gasteiger partial charge in [-0.05, 0) is 42.7 Å². The summed E-state index contributed by atoms with van der Waals surface area (Å²) in [6, 6.07) is 11.0. The minimum atomic E-state index is -4.52. The molecule has 0 amide bonds. The number of rotatable bonds is 8. The third-order valence-electron chi connectivity index (χ3n) is 3.69. The van der Waals surface area contributed by atoms with Gasteiger partial charge in [0.05, 0.1) is 4.90 Å². The Morgan fingerprint density at radius 2 is 1.80 bits per heavy atom. The molecule has 25 heavy (non-hydrogen) atoms. The van der Waals surface area contributed by atoms with Crippen molar-refractivity contribution < 1.29 is 52.4 Å². The van der Waals surface area contributed by atoms with E-state index in [4.69, 9.17) is 9.29 Å². The van der Waals surface area contributed by atoms with Crippen LogP contribution in [-0.2, 0) is 16.5 Å². The van der Waals surface area contributed by atoms with Crippen molar-refractivity contribution in [3.8, 4) is 17.2 Å². The molecule has 2 rings (SSSR count). The fourth-order valence-electron chi connectivity index (χ4n) is 2.44. The molecule has 0 saturated carbocycles. The van der Waals surface area contributed by atoms with Crippen LogP contribution in [0.4, 0.5) is 0 Å². The van der Waals surface area contributed by atoms with E-state index in [9.17, 15) is 13.5 Å². The van der Waals surface area contributed by atoms with Gasteiger partial charge in [0.1, 0.15) is 11.5 Å². The van der Waals surface area contributed by atoms with Gasteiger partial charge in [-0.3, -0.25) is 4.55 Å². The van der Waals surface area contributed by atoms with Crippen LogP contribution in [0.5, 0.6) is 17.2 Å². The predicted octanol–water partition coefficient (Wildman–Crippen LogP) is 0.926. The smallest absolute Gasteiger partial charge is 0.871 e. The molecule has 0 spiro atoms. The molecule has 0 bridgehead atoms. The van der Waals surface area contributed by atoms with Crippen molar-refractivity contribution in [1.82, 2.24) is 0 Å². The van der Waals surface area contributed by atoms with Crippen LogP contribution in [0.3, 0.4) is 0 Å². The maximum Gasteiger partial charge on any atom is 1.00 e. The quantitative estimate of drug-likeness (QED) is 0.423. The molecule has 0 heterocycles. The maximum atomic E-state index is 11.8. The Labute approximate surface area is 171 Å². The van der Waals surface area contributed by atoms with Gasteiger partial charge in [0, 0.05) is 0 Å². The van der Waals surface area contributed by atoms with Crippen LogP contribution in [-0.4, -0.2) is 13.0 Å². The molecule has 0 aliphatic heterocycles. The van der Waals surface area contributed by atoms with E-state index < -0.39 is 20.8 Å². The second kappa shape index (κ2) is 10.2. The zero-order chi connectivity index (χ0) is 17.6. The second-order valence-corrected chi connectivity index (χ2v) is 6.99. The minimum Gasteiger partial charge on any atom is -0.871 e. The first-order valence-corrected chi connectivity index (χ1v) is 9.40. The Kier molecular flexibility index (Phi) is 8.96. The summed E-state index contributed by atoms with van der Waals surface area (Å²) in [7, 11) is -4.52. The summed E-state index contributed by atoms with van der Waals surface area (Å²) in [6.45, 7) is 2.16. The molecule has 1 N–H and O–H groups in total. The van der Waals surface area contributed by atoms with Crippen LogP contribution in [0, 0.1) is 0 Å². The van der Waals surface area contributed by atoms with Crippen molar-refractivity contribution in [1.29, 1.82) is 0 Å². The van der Waals surface area contributed by atoms with Gasteiger partial charge >= 0.3 is 29.6 Å². The van der Waals surface area contributed by atoms with E-state index in [0.717, 1.165) is 37.0 Å². The summed E-state index contributed by atoms with van der Waals surface area (Å²) in [6.07, 6.45) is 5.45. The summed E-state index contributed by atoms with van der Waals surface area (Å²) in [5.41, 5.74) is 1.04. The normalized spacial score (nSPS) is 11.0. The molecule has 0 aromatic heterocycles. The first-order chi connectivity index (χ1) is 11.4. The third kappa shape index (κ3) is 6.64. The molecule has 0 radical (unpaired) electrons. The molecular weight excluding hydrogens is 351 g/mol. The molecule has 0 saturated heterocycles. The number of hydrogen-bond acceptors (Lipinski definition) is 4. The molecule has 0 fully saturated rings. The number of benzene rings is 2. The van der Waals surface area contributed by atoms with E-state index in [-0.39, 0.29) is 35.3 Å². The summed E-state index contributed by atoms with van der Waals surface area (Å²) in [5.74, 6) is 0.0943. The van der Waals surface area contributed by atoms with Crippen molar-refractivity contribution >= 4 is 10.1 Å². The summed E-state index contributed by atoms with van der Waals surface area (Å²) in [4.78, 5) is -0.650. The second-order valence-electron chi connectivity index (χ2n) is 5.60. The predicted molar refractivity (Wildman–Crippen MR) is 90.1 cm³/mol. The van der Waals surface area contributed by atoms with Crippen LogP contribution >= 0.6 is 0 Å². The summed E-state index contributed by atoms with van der Waals surface area (Å²) >= 11 is 0. The molecule has 2 aromatic rings. The van der Waals surface area contributed by atoms with E-state index in [1.54, 1.807) is 0 Å². The van der Waals surface area contributed by atoms with Gasteiger partial charge in [-0.15, -0.1) is 0 Å². The van der Waals surface area contributed by atoms with Crippen molar-refractivity contribution in [2.45, 2.75) is 43.9 Å². The van der Waals surface area contributed by atoms with Gasteiger partial charge in [-0.2, -0.15) is 8.42 Å². The van der Waals surface area contributed by atoms with Crippen molar-refractivity contribution in [2.75, 3.05) is 0 Å². The van der Waals surface area contributed by atoms with Gasteiger partial charge in [0.2, 0.25) is 0 Å². The number of para-hydroxylation sites is 1. The van der Waals surface area contributed by atoms with Crippen LogP contribution < -0.4 is 39.4 Å². The SMILES string of the molecule is CCCCCCc1ccccc1Oc1ccc(S(=O)(=O)O)c([O-])c1.[Na+]. The zero-order valence-electron chi connectivity index (χ0n) is 14.6. The Morgan fingerprint density at radius 3 is 2.44 bits per heavy atom. The molecule has 130 valence electrons. The molecule has 0 atom stereocenters. The van der Waals surface area contributed by atoms with Gasteiger partial charge in [-0.25, -0.2) is 0 Å². The Morgan fingerprint density at radius 1 is 1.08 bits per heavy atom. The maximum absolute atomic E-state index is 11.8. The van der Waals surface area contributed by atoms with E-state index in [2.05, 4.69) is 6.92 Å². The first kappa shape index (κ1) is 22.0. The molecule has 0 aliphatic carbocycles. The average Bonchev–Trinajstić information content (AvgIpc) is 2.52. The van der Waals surface area contributed by atoms with E-state index in [1.165, 1.54) is 18.9 Å². The topological polar surface area (TPSA) is 86.7 Å². The minimum absolute atomic E-state index is 0. The number of ether oxygens (including phenoxy) is 1. The Balaban J connectivity index is 0.00000312. The number of hydrogen-bond donors (Lipinski definition) is 1. The molecule has 0 aliphatic rings. The standard InChI is InChI=1S/C18H22O5S.Na/c1-2-3-4-5-8-14-9-6-7-10-17(14)23-15-11-12-18(16(19)13-15)24(20,21)22;/h6-7,9-13,19H,2-5,8H2,1H3,(H,20,21,22);/q;+1/p-1. The van der Waals surface area contributed by atoms with Gasteiger partial charge in [-0.1, -0.05) is 50.1 Å². The molecule has 2 aromatic carbocycles. The van der Waals surface area contributed by atoms with Gasteiger partial charge < -0.3 is 9.84 Å². The van der Waals surface area contributed by atoms with E-state index >= 15 is 0 Å². The fraction of sp³-hybridized carbons (Fsp3) is 0.333. The van der Waals surface area contributed by atoms with Crippen LogP contribution in [0.15, 0.2) is 47.4 Å². The zero-order valence-corrected chi connectivity index (χ0v) is 17.4. The molecule has 5 nitrogen and oxygen atoms in total. The van der Waals surface area contributed by atoms with E-state index in [1.807, 2.05) is 24.3 Å². The monoisotopic (exact) mass is 372 g/mol. The number of aryl methyl sites for hydroxylation is 1. The first-order valence-electron chi connectivity index (χ1n) is 7.96. The van der Waals surface area contributed by atoms with Gasteiger partial charge in [0.25, 0.3) is 10.1 Å². The van der Waals surface area contributed by atoms with E-state index in [0.29, 0.717) is 5.75 Å². The van der Waals surface area contributed by atoms with Crippen LogP contribution in [0.1, 0.15) is 38.2 Å². The molecular formula is C18H21NaO5S. The molecule has 0 unspecified atom stereocenters. The van der Waals surface area contributed by atoms with Gasteiger partial charge in [0.15, 0.2) is 0 Å². The average molecular weight is 372 g/mol. The largest absolute Gasteiger partial charge is 1.00 e. The van der Waals surface area contributed by atoms with Crippen molar-refractivity contribution in [2.24, 2.45) is 0 Å². The van der Waals surface area contributed by atoms with Crippen molar-refractivity contribution in [3.05, 3.63) is 48.0 Å².